The highest BCUT2D eigenvalue weighted by Gasteiger charge is 2.29. The number of amides is 1. The summed E-state index contributed by atoms with van der Waals surface area (Å²) in [7, 11) is 0. The van der Waals surface area contributed by atoms with E-state index in [-0.39, 0.29) is 17.0 Å². The number of rotatable bonds is 4. The second-order valence-corrected chi connectivity index (χ2v) is 6.68. The number of carbonyl (C=O) groups excluding carboxylic acids is 1. The Bertz CT molecular complexity index is 987. The highest BCUT2D eigenvalue weighted by molar-refractivity contribution is 6.31. The molecular formula is C17H16ClFN6O2. The fraction of sp³-hybridized carbons (Fsp3) is 0.353. The number of hydrogen-bond acceptors (Lipinski definition) is 6. The molecule has 1 unspecified atom stereocenters. The maximum Gasteiger partial charge on any atom is 0.280 e. The summed E-state index contributed by atoms with van der Waals surface area (Å²) in [6.45, 7) is 2.97. The number of hydrogen-bond donors (Lipinski definition) is 0. The Hall–Kier alpha value is -2.81. The number of halogens is 2. The van der Waals surface area contributed by atoms with Crippen molar-refractivity contribution in [2.24, 2.45) is 0 Å². The van der Waals surface area contributed by atoms with Gasteiger partial charge in [0.05, 0.1) is 17.3 Å². The van der Waals surface area contributed by atoms with E-state index < -0.39 is 5.82 Å². The predicted octanol–water partition coefficient (Wildman–Crippen LogP) is 2.77. The fourth-order valence-corrected chi connectivity index (χ4v) is 3.19. The van der Waals surface area contributed by atoms with Gasteiger partial charge in [0.2, 0.25) is 0 Å². The largest absolute Gasteiger partial charge is 0.336 e. The van der Waals surface area contributed by atoms with Gasteiger partial charge in [-0.25, -0.2) is 9.07 Å². The summed E-state index contributed by atoms with van der Waals surface area (Å²) >= 11 is 5.77. The minimum absolute atomic E-state index is 0.0142. The van der Waals surface area contributed by atoms with Gasteiger partial charge in [-0.1, -0.05) is 28.9 Å². The summed E-state index contributed by atoms with van der Waals surface area (Å²) in [5.41, 5.74) is 0.858. The highest BCUT2D eigenvalue weighted by Crippen LogP contribution is 2.25. The van der Waals surface area contributed by atoms with Crippen LogP contribution in [0.4, 0.5) is 4.39 Å². The zero-order valence-electron chi connectivity index (χ0n) is 14.5. The van der Waals surface area contributed by atoms with E-state index in [1.54, 1.807) is 15.8 Å². The Morgan fingerprint density at radius 2 is 2.30 bits per heavy atom. The van der Waals surface area contributed by atoms with Crippen LogP contribution in [0.15, 0.2) is 28.9 Å². The molecule has 0 saturated carbocycles. The van der Waals surface area contributed by atoms with Gasteiger partial charge in [-0.3, -0.25) is 4.79 Å². The molecule has 1 amide bonds. The van der Waals surface area contributed by atoms with Gasteiger partial charge >= 0.3 is 0 Å². The molecule has 140 valence electrons. The molecule has 27 heavy (non-hydrogen) atoms. The molecule has 0 radical (unpaired) electrons. The number of aryl methyl sites for hydroxylation is 1. The Kier molecular flexibility index (Phi) is 4.61. The third-order valence-electron chi connectivity index (χ3n) is 4.50. The number of aromatic nitrogens is 5. The molecule has 0 aliphatic carbocycles. The van der Waals surface area contributed by atoms with Crippen LogP contribution in [0.25, 0.3) is 11.6 Å². The minimum Gasteiger partial charge on any atom is -0.336 e. The third kappa shape index (κ3) is 3.42. The number of nitrogens with zero attached hydrogens (tertiary/aromatic N) is 6. The van der Waals surface area contributed by atoms with Gasteiger partial charge in [0.1, 0.15) is 5.82 Å². The van der Waals surface area contributed by atoms with Crippen molar-refractivity contribution >= 4 is 17.5 Å². The van der Waals surface area contributed by atoms with Gasteiger partial charge in [-0.2, -0.15) is 4.98 Å². The summed E-state index contributed by atoms with van der Waals surface area (Å²) < 4.78 is 20.2. The molecule has 1 atom stereocenters. The van der Waals surface area contributed by atoms with Crippen molar-refractivity contribution in [2.75, 3.05) is 13.1 Å². The molecule has 1 saturated heterocycles. The average Bonchev–Trinajstić information content (AvgIpc) is 3.42. The van der Waals surface area contributed by atoms with E-state index in [9.17, 15) is 9.18 Å². The zero-order chi connectivity index (χ0) is 19.0. The molecule has 3 heterocycles. The molecule has 3 aromatic rings. The van der Waals surface area contributed by atoms with Gasteiger partial charge in [0.15, 0.2) is 11.5 Å². The van der Waals surface area contributed by atoms with Crippen molar-refractivity contribution in [3.05, 3.63) is 46.6 Å². The van der Waals surface area contributed by atoms with Crippen LogP contribution in [0.5, 0.6) is 0 Å². The van der Waals surface area contributed by atoms with E-state index in [1.807, 2.05) is 6.92 Å². The van der Waals surface area contributed by atoms with Crippen LogP contribution in [0, 0.1) is 5.82 Å². The second kappa shape index (κ2) is 7.07. The van der Waals surface area contributed by atoms with Gasteiger partial charge in [-0.15, -0.1) is 5.10 Å². The molecule has 10 heteroatoms. The molecule has 4 rings (SSSR count). The molecule has 1 aromatic carbocycles. The highest BCUT2D eigenvalue weighted by atomic mass is 35.5. The summed E-state index contributed by atoms with van der Waals surface area (Å²) in [6.07, 6.45) is 3.14. The van der Waals surface area contributed by atoms with Crippen molar-refractivity contribution < 1.29 is 13.7 Å². The molecule has 0 N–H and O–H groups in total. The number of likely N-dealkylation sites (tertiary alicyclic amines) is 1. The molecule has 0 spiro atoms. The van der Waals surface area contributed by atoms with Crippen molar-refractivity contribution in [1.82, 2.24) is 30.0 Å². The van der Waals surface area contributed by atoms with E-state index in [1.165, 1.54) is 18.2 Å². The number of benzene rings is 1. The lowest BCUT2D eigenvalue weighted by atomic mass is 10.2. The first-order valence-corrected chi connectivity index (χ1v) is 8.92. The standard InChI is InChI=1S/C17H16ClFN6O2/c1-2-15-20-16(27-22-15)14-9-25(23-21-14)11-5-6-24(8-11)17(26)10-3-4-13(19)12(18)7-10/h3-4,7,9,11H,2,5-6,8H2,1H3. The maximum absolute atomic E-state index is 13.3. The lowest BCUT2D eigenvalue weighted by molar-refractivity contribution is 0.0787. The Morgan fingerprint density at radius 1 is 1.44 bits per heavy atom. The molecule has 0 bridgehead atoms. The van der Waals surface area contributed by atoms with Crippen LogP contribution in [0.3, 0.4) is 0 Å². The molecule has 2 aromatic heterocycles. The average molecular weight is 391 g/mol. The van der Waals surface area contributed by atoms with Crippen LogP contribution in [0.1, 0.15) is 35.6 Å². The van der Waals surface area contributed by atoms with E-state index >= 15 is 0 Å². The zero-order valence-corrected chi connectivity index (χ0v) is 15.2. The molecule has 1 aliphatic rings. The van der Waals surface area contributed by atoms with Crippen molar-refractivity contribution in [2.45, 2.75) is 25.8 Å². The molecule has 1 fully saturated rings. The first kappa shape index (κ1) is 17.6. The Morgan fingerprint density at radius 3 is 3.04 bits per heavy atom. The summed E-state index contributed by atoms with van der Waals surface area (Å²) in [4.78, 5) is 18.5. The Balaban J connectivity index is 1.46. The maximum atomic E-state index is 13.3. The fourth-order valence-electron chi connectivity index (χ4n) is 3.01. The lowest BCUT2D eigenvalue weighted by Gasteiger charge is -2.16. The summed E-state index contributed by atoms with van der Waals surface area (Å²) in [5, 5.41) is 12.0. The number of carbonyl (C=O) groups is 1. The van der Waals surface area contributed by atoms with Crippen molar-refractivity contribution in [3.8, 4) is 11.6 Å². The predicted molar refractivity (Wildman–Crippen MR) is 93.7 cm³/mol. The lowest BCUT2D eigenvalue weighted by Crippen LogP contribution is -2.29. The van der Waals surface area contributed by atoms with E-state index in [2.05, 4.69) is 20.5 Å². The van der Waals surface area contributed by atoms with Crippen LogP contribution >= 0.6 is 11.6 Å². The van der Waals surface area contributed by atoms with E-state index in [4.69, 9.17) is 16.1 Å². The van der Waals surface area contributed by atoms with E-state index in [0.717, 1.165) is 6.42 Å². The molecule has 1 aliphatic heterocycles. The first-order chi connectivity index (χ1) is 13.0. The van der Waals surface area contributed by atoms with Crippen molar-refractivity contribution in [3.63, 3.8) is 0 Å². The normalized spacial score (nSPS) is 16.9. The van der Waals surface area contributed by atoms with Gasteiger partial charge in [-0.05, 0) is 24.6 Å². The quantitative estimate of drug-likeness (QED) is 0.680. The summed E-state index contributed by atoms with van der Waals surface area (Å²) in [5.74, 6) is 0.194. The first-order valence-electron chi connectivity index (χ1n) is 8.54. The third-order valence-corrected chi connectivity index (χ3v) is 4.79. The van der Waals surface area contributed by atoms with Crippen LogP contribution in [0.2, 0.25) is 5.02 Å². The topological polar surface area (TPSA) is 89.9 Å². The van der Waals surface area contributed by atoms with Crippen LogP contribution in [-0.4, -0.2) is 49.0 Å². The van der Waals surface area contributed by atoms with E-state index in [0.29, 0.717) is 42.5 Å². The minimum atomic E-state index is -0.546. The molecule has 8 nitrogen and oxygen atoms in total. The molecular weight excluding hydrogens is 375 g/mol. The second-order valence-electron chi connectivity index (χ2n) is 6.28. The van der Waals surface area contributed by atoms with Crippen LogP contribution < -0.4 is 0 Å². The van der Waals surface area contributed by atoms with Gasteiger partial charge in [0.25, 0.3) is 11.8 Å². The van der Waals surface area contributed by atoms with Crippen LogP contribution in [-0.2, 0) is 6.42 Å². The monoisotopic (exact) mass is 390 g/mol. The Labute approximate surface area is 158 Å². The smallest absolute Gasteiger partial charge is 0.280 e. The van der Waals surface area contributed by atoms with Gasteiger partial charge in [0, 0.05) is 25.1 Å². The summed E-state index contributed by atoms with van der Waals surface area (Å²) in [6, 6.07) is 3.97. The van der Waals surface area contributed by atoms with Crippen molar-refractivity contribution in [1.29, 1.82) is 0 Å². The SMILES string of the molecule is CCc1noc(-c2cn(C3CCN(C(=O)c4ccc(F)c(Cl)c4)C3)nn2)n1. The van der Waals surface area contributed by atoms with Gasteiger partial charge < -0.3 is 9.42 Å².